The number of nitrogens with zero attached hydrogens (tertiary/aromatic N) is 1. The fraction of sp³-hybridized carbons (Fsp3) is 0.400. The Balaban J connectivity index is 2.27. The lowest BCUT2D eigenvalue weighted by Crippen LogP contribution is -2.45. The van der Waals surface area contributed by atoms with Gasteiger partial charge in [-0.25, -0.2) is 0 Å². The van der Waals surface area contributed by atoms with Crippen molar-refractivity contribution >= 4 is 27.5 Å². The Bertz CT molecular complexity index is 569. The summed E-state index contributed by atoms with van der Waals surface area (Å²) in [6.45, 7) is 2.61. The fourth-order valence-electron chi connectivity index (χ4n) is 3.04. The highest BCUT2D eigenvalue weighted by Crippen LogP contribution is 2.50. The summed E-state index contributed by atoms with van der Waals surface area (Å²) >= 11 is 3.58. The molecular formula is C15H16BrNO2. The number of hydrogen-bond acceptors (Lipinski definition) is 2. The molecule has 0 radical (unpaired) electrons. The molecule has 0 aliphatic carbocycles. The highest BCUT2D eigenvalue weighted by molar-refractivity contribution is 9.10. The summed E-state index contributed by atoms with van der Waals surface area (Å²) in [4.78, 5) is 14.5. The van der Waals surface area contributed by atoms with Gasteiger partial charge in [-0.05, 0) is 18.6 Å². The molecule has 1 aromatic carbocycles. The number of likely N-dealkylation sites (N-methyl/N-ethyl adjacent to an activating group) is 1. The first-order chi connectivity index (χ1) is 9.09. The van der Waals surface area contributed by atoms with Gasteiger partial charge >= 0.3 is 0 Å². The molecule has 0 bridgehead atoms. The van der Waals surface area contributed by atoms with Gasteiger partial charge in [0.15, 0.2) is 5.60 Å². The van der Waals surface area contributed by atoms with Gasteiger partial charge < -0.3 is 9.64 Å². The van der Waals surface area contributed by atoms with Crippen LogP contribution in [0.5, 0.6) is 0 Å². The lowest BCUT2D eigenvalue weighted by Gasteiger charge is -2.32. The molecule has 0 saturated carbocycles. The Morgan fingerprint density at radius 1 is 1.47 bits per heavy atom. The Morgan fingerprint density at radius 2 is 2.26 bits per heavy atom. The summed E-state index contributed by atoms with van der Waals surface area (Å²) in [7, 11) is 1.81. The summed E-state index contributed by atoms with van der Waals surface area (Å²) in [5.41, 5.74) is 1.01. The number of ether oxygens (including phenoxy) is 1. The van der Waals surface area contributed by atoms with Crippen LogP contribution in [0.1, 0.15) is 18.9 Å². The summed E-state index contributed by atoms with van der Waals surface area (Å²) < 4.78 is 7.00. The normalized spacial score (nSPS) is 29.7. The van der Waals surface area contributed by atoms with Crippen molar-refractivity contribution in [3.05, 3.63) is 40.4 Å². The van der Waals surface area contributed by atoms with Crippen LogP contribution in [0.4, 0.5) is 5.69 Å². The molecule has 2 atom stereocenters. The molecule has 0 aromatic heterocycles. The molecule has 100 valence electrons. The summed E-state index contributed by atoms with van der Waals surface area (Å²) in [6.07, 6.45) is 5.04. The van der Waals surface area contributed by atoms with Crippen LogP contribution in [0.2, 0.25) is 0 Å². The van der Waals surface area contributed by atoms with Crippen LogP contribution in [0.25, 0.3) is 0 Å². The Labute approximate surface area is 121 Å². The second kappa shape index (κ2) is 4.46. The van der Waals surface area contributed by atoms with E-state index in [0.717, 1.165) is 22.1 Å². The first-order valence-corrected chi connectivity index (χ1v) is 7.26. The molecule has 2 aliphatic rings. The Hall–Kier alpha value is -1.13. The van der Waals surface area contributed by atoms with Gasteiger partial charge in [0.05, 0.1) is 12.3 Å². The minimum atomic E-state index is -0.878. The van der Waals surface area contributed by atoms with Gasteiger partial charge in [-0.1, -0.05) is 41.1 Å². The zero-order chi connectivity index (χ0) is 13.6. The molecule has 1 aromatic rings. The van der Waals surface area contributed by atoms with Gasteiger partial charge in [0.1, 0.15) is 0 Å². The molecule has 2 heterocycles. The Morgan fingerprint density at radius 3 is 3.05 bits per heavy atom. The van der Waals surface area contributed by atoms with E-state index in [0.29, 0.717) is 6.61 Å². The quantitative estimate of drug-likeness (QED) is 0.686. The molecule has 3 rings (SSSR count). The maximum absolute atomic E-state index is 12.8. The zero-order valence-corrected chi connectivity index (χ0v) is 12.6. The van der Waals surface area contributed by atoms with Crippen LogP contribution in [-0.4, -0.2) is 19.6 Å². The largest absolute Gasteiger partial charge is 0.359 e. The standard InChI is InChI=1S/C15H16BrNO2/c1-10-6-3-4-9-19-15(10)13-11(16)7-5-8-12(13)17(2)14(15)18/h3,5-8,10H,4,9H2,1-2H3/t10-,15-/m1/s1. The predicted molar refractivity (Wildman–Crippen MR) is 78.1 cm³/mol. The number of hydrogen-bond donors (Lipinski definition) is 0. The van der Waals surface area contributed by atoms with E-state index in [1.807, 2.05) is 32.2 Å². The zero-order valence-electron chi connectivity index (χ0n) is 11.0. The van der Waals surface area contributed by atoms with Crippen LogP contribution < -0.4 is 4.90 Å². The second-order valence-electron chi connectivity index (χ2n) is 5.09. The number of benzene rings is 1. The van der Waals surface area contributed by atoms with Crippen molar-refractivity contribution in [2.75, 3.05) is 18.6 Å². The van der Waals surface area contributed by atoms with Crippen LogP contribution in [0, 0.1) is 5.92 Å². The number of anilines is 1. The molecule has 4 heteroatoms. The molecule has 0 saturated heterocycles. The van der Waals surface area contributed by atoms with Gasteiger partial charge in [0.25, 0.3) is 5.91 Å². The van der Waals surface area contributed by atoms with E-state index in [2.05, 4.69) is 28.1 Å². The van der Waals surface area contributed by atoms with Gasteiger partial charge in [0, 0.05) is 23.0 Å². The van der Waals surface area contributed by atoms with Crippen molar-refractivity contribution in [2.45, 2.75) is 18.9 Å². The Kier molecular flexibility index (Phi) is 3.02. The number of amides is 1. The molecule has 0 fully saturated rings. The lowest BCUT2D eigenvalue weighted by atomic mass is 9.83. The second-order valence-corrected chi connectivity index (χ2v) is 5.94. The summed E-state index contributed by atoms with van der Waals surface area (Å²) in [5.74, 6) is 0.0401. The van der Waals surface area contributed by atoms with Crippen molar-refractivity contribution in [3.63, 3.8) is 0 Å². The van der Waals surface area contributed by atoms with E-state index in [1.165, 1.54) is 0 Å². The van der Waals surface area contributed by atoms with E-state index < -0.39 is 5.60 Å². The minimum absolute atomic E-state index is 0.0184. The number of halogens is 1. The number of carbonyl (C=O) groups is 1. The van der Waals surface area contributed by atoms with Crippen molar-refractivity contribution in [1.82, 2.24) is 0 Å². The van der Waals surface area contributed by atoms with E-state index in [1.54, 1.807) is 4.90 Å². The van der Waals surface area contributed by atoms with Gasteiger partial charge in [-0.3, -0.25) is 4.79 Å². The number of fused-ring (bicyclic) bond motifs is 2. The number of carbonyl (C=O) groups excluding carboxylic acids is 1. The third-order valence-corrected chi connectivity index (χ3v) is 4.69. The molecular weight excluding hydrogens is 306 g/mol. The van der Waals surface area contributed by atoms with Gasteiger partial charge in [-0.2, -0.15) is 0 Å². The molecule has 0 unspecified atom stereocenters. The van der Waals surface area contributed by atoms with Crippen LogP contribution >= 0.6 is 15.9 Å². The van der Waals surface area contributed by atoms with Gasteiger partial charge in [-0.15, -0.1) is 0 Å². The molecule has 1 spiro atoms. The van der Waals surface area contributed by atoms with E-state index >= 15 is 0 Å². The average molecular weight is 322 g/mol. The maximum Gasteiger partial charge on any atom is 0.264 e. The van der Waals surface area contributed by atoms with E-state index in [-0.39, 0.29) is 11.8 Å². The minimum Gasteiger partial charge on any atom is -0.359 e. The topological polar surface area (TPSA) is 29.5 Å². The van der Waals surface area contributed by atoms with Crippen LogP contribution in [0.15, 0.2) is 34.8 Å². The SMILES string of the molecule is C[C@@H]1C=CCCO[C@]12C(=O)N(C)c1cccc(Br)c12. The van der Waals surface area contributed by atoms with Crippen LogP contribution in [0.3, 0.4) is 0 Å². The van der Waals surface area contributed by atoms with Crippen molar-refractivity contribution in [1.29, 1.82) is 0 Å². The summed E-state index contributed by atoms with van der Waals surface area (Å²) in [6, 6.07) is 5.89. The molecule has 3 nitrogen and oxygen atoms in total. The molecule has 1 amide bonds. The van der Waals surface area contributed by atoms with E-state index in [4.69, 9.17) is 4.74 Å². The lowest BCUT2D eigenvalue weighted by molar-refractivity contribution is -0.148. The first-order valence-electron chi connectivity index (χ1n) is 6.47. The maximum atomic E-state index is 12.8. The summed E-state index contributed by atoms with van der Waals surface area (Å²) in [5, 5.41) is 0. The smallest absolute Gasteiger partial charge is 0.264 e. The first kappa shape index (κ1) is 12.9. The third kappa shape index (κ3) is 1.63. The van der Waals surface area contributed by atoms with Gasteiger partial charge in [0.2, 0.25) is 0 Å². The predicted octanol–water partition coefficient (Wildman–Crippen LogP) is 3.23. The van der Waals surface area contributed by atoms with Crippen LogP contribution in [-0.2, 0) is 15.1 Å². The van der Waals surface area contributed by atoms with E-state index in [9.17, 15) is 4.79 Å². The van der Waals surface area contributed by atoms with Crippen molar-refractivity contribution in [3.8, 4) is 0 Å². The highest BCUT2D eigenvalue weighted by atomic mass is 79.9. The molecule has 19 heavy (non-hydrogen) atoms. The number of rotatable bonds is 0. The fourth-order valence-corrected chi connectivity index (χ4v) is 3.69. The highest BCUT2D eigenvalue weighted by Gasteiger charge is 2.55. The molecule has 0 N–H and O–H groups in total. The third-order valence-electron chi connectivity index (χ3n) is 4.03. The van der Waals surface area contributed by atoms with Crippen molar-refractivity contribution < 1.29 is 9.53 Å². The van der Waals surface area contributed by atoms with Crippen molar-refractivity contribution in [2.24, 2.45) is 5.92 Å². The monoisotopic (exact) mass is 321 g/mol. The average Bonchev–Trinajstić information content (AvgIpc) is 2.54. The molecule has 2 aliphatic heterocycles.